The predicted molar refractivity (Wildman–Crippen MR) is 50.0 cm³/mol. The zero-order chi connectivity index (χ0) is 11.1. The molecule has 15 heavy (non-hydrogen) atoms. The predicted octanol–water partition coefficient (Wildman–Crippen LogP) is 2.02. The first-order valence-corrected chi connectivity index (χ1v) is 3.94. The van der Waals surface area contributed by atoms with E-state index in [1.165, 1.54) is 18.2 Å². The summed E-state index contributed by atoms with van der Waals surface area (Å²) in [6, 6.07) is 5.84. The van der Waals surface area contributed by atoms with Gasteiger partial charge in [0.1, 0.15) is 12.1 Å². The van der Waals surface area contributed by atoms with Crippen LogP contribution in [0.1, 0.15) is 0 Å². The molecule has 1 aromatic carbocycles. The summed E-state index contributed by atoms with van der Waals surface area (Å²) in [5, 5.41) is 10.3. The van der Waals surface area contributed by atoms with Gasteiger partial charge in [0.15, 0.2) is 6.19 Å². The monoisotopic (exact) mass is 211 g/mol. The van der Waals surface area contributed by atoms with Crippen LogP contribution < -0.4 is 10.1 Å². The van der Waals surface area contributed by atoms with Crippen molar-refractivity contribution in [2.24, 2.45) is 4.99 Å². The molecule has 4 nitrogen and oxygen atoms in total. The molecule has 0 radical (unpaired) electrons. The van der Waals surface area contributed by atoms with E-state index in [0.717, 1.165) is 6.34 Å². The number of nitriles is 1. The van der Waals surface area contributed by atoms with E-state index in [0.29, 0.717) is 5.69 Å². The van der Waals surface area contributed by atoms with Crippen molar-refractivity contribution >= 4 is 12.0 Å². The van der Waals surface area contributed by atoms with Crippen LogP contribution in [-0.2, 0) is 0 Å². The molecule has 0 bridgehead atoms. The summed E-state index contributed by atoms with van der Waals surface area (Å²) in [4.78, 5) is 3.78. The number of rotatable bonds is 4. The van der Waals surface area contributed by atoms with Crippen molar-refractivity contribution in [2.45, 2.75) is 6.61 Å². The summed E-state index contributed by atoms with van der Waals surface area (Å²) in [5.74, 6) is 0.0246. The van der Waals surface area contributed by atoms with Crippen LogP contribution >= 0.6 is 0 Å². The fraction of sp³-hybridized carbons (Fsp3) is 0.111. The summed E-state index contributed by atoms with van der Waals surface area (Å²) in [7, 11) is 0. The smallest absolute Gasteiger partial charge is 0.387 e. The minimum Gasteiger partial charge on any atom is -0.435 e. The Morgan fingerprint density at radius 2 is 2.33 bits per heavy atom. The molecule has 0 aliphatic heterocycles. The molecule has 0 amide bonds. The Hall–Kier alpha value is -2.16. The van der Waals surface area contributed by atoms with Gasteiger partial charge in [0.05, 0.1) is 5.69 Å². The molecule has 0 spiro atoms. The highest BCUT2D eigenvalue weighted by atomic mass is 19.3. The SMILES string of the molecule is N#CNC=Nc1cccc(OC(F)F)c1. The van der Waals surface area contributed by atoms with Crippen LogP contribution in [0.4, 0.5) is 14.5 Å². The third kappa shape index (κ3) is 4.04. The third-order valence-electron chi connectivity index (χ3n) is 1.39. The first-order chi connectivity index (χ1) is 7.22. The van der Waals surface area contributed by atoms with Crippen LogP contribution in [-0.4, -0.2) is 13.0 Å². The molecule has 6 heteroatoms. The molecule has 0 atom stereocenters. The number of hydrogen-bond acceptors (Lipinski definition) is 3. The molecule has 0 aliphatic carbocycles. The van der Waals surface area contributed by atoms with Crippen LogP contribution in [0.25, 0.3) is 0 Å². The molecule has 0 saturated carbocycles. The van der Waals surface area contributed by atoms with Gasteiger partial charge in [0.2, 0.25) is 0 Å². The topological polar surface area (TPSA) is 57.4 Å². The van der Waals surface area contributed by atoms with Crippen molar-refractivity contribution in [3.63, 3.8) is 0 Å². The summed E-state index contributed by atoms with van der Waals surface area (Å²) in [6.07, 6.45) is 2.79. The van der Waals surface area contributed by atoms with Crippen LogP contribution in [0.3, 0.4) is 0 Å². The van der Waals surface area contributed by atoms with Crippen molar-refractivity contribution in [1.82, 2.24) is 5.32 Å². The fourth-order valence-electron chi connectivity index (χ4n) is 0.876. The van der Waals surface area contributed by atoms with Crippen LogP contribution in [0.2, 0.25) is 0 Å². The number of alkyl halides is 2. The second kappa shape index (κ2) is 5.54. The van der Waals surface area contributed by atoms with Gasteiger partial charge < -0.3 is 4.74 Å². The highest BCUT2D eigenvalue weighted by molar-refractivity contribution is 5.62. The Morgan fingerprint density at radius 3 is 3.00 bits per heavy atom. The second-order valence-corrected chi connectivity index (χ2v) is 2.39. The van der Waals surface area contributed by atoms with Crippen LogP contribution in [0.15, 0.2) is 29.3 Å². The van der Waals surface area contributed by atoms with Crippen molar-refractivity contribution in [1.29, 1.82) is 5.26 Å². The Labute approximate surface area is 84.8 Å². The lowest BCUT2D eigenvalue weighted by Crippen LogP contribution is -2.01. The second-order valence-electron chi connectivity index (χ2n) is 2.39. The Balaban J connectivity index is 2.70. The van der Waals surface area contributed by atoms with E-state index >= 15 is 0 Å². The molecular weight excluding hydrogens is 204 g/mol. The number of nitrogens with one attached hydrogen (secondary N) is 1. The van der Waals surface area contributed by atoms with Crippen molar-refractivity contribution < 1.29 is 13.5 Å². The molecule has 0 unspecified atom stereocenters. The van der Waals surface area contributed by atoms with E-state index in [1.54, 1.807) is 12.3 Å². The third-order valence-corrected chi connectivity index (χ3v) is 1.39. The summed E-state index contributed by atoms with van der Waals surface area (Å²) in [5.41, 5.74) is 0.413. The number of aliphatic imine (C=N–C) groups is 1. The van der Waals surface area contributed by atoms with Gasteiger partial charge in [-0.2, -0.15) is 14.0 Å². The minimum absolute atomic E-state index is 0.0246. The summed E-state index contributed by atoms with van der Waals surface area (Å²) < 4.78 is 27.9. The van der Waals surface area contributed by atoms with Crippen molar-refractivity contribution in [2.75, 3.05) is 0 Å². The van der Waals surface area contributed by atoms with E-state index in [-0.39, 0.29) is 5.75 Å². The van der Waals surface area contributed by atoms with Crippen LogP contribution in [0, 0.1) is 11.5 Å². The lowest BCUT2D eigenvalue weighted by atomic mass is 10.3. The van der Waals surface area contributed by atoms with Gasteiger partial charge in [-0.05, 0) is 12.1 Å². The molecule has 0 fully saturated rings. The average molecular weight is 211 g/mol. The average Bonchev–Trinajstić information content (AvgIpc) is 2.18. The molecule has 0 aromatic heterocycles. The molecule has 1 N–H and O–H groups in total. The van der Waals surface area contributed by atoms with Gasteiger partial charge in [-0.1, -0.05) is 6.07 Å². The zero-order valence-electron chi connectivity index (χ0n) is 7.52. The van der Waals surface area contributed by atoms with Gasteiger partial charge >= 0.3 is 6.61 Å². The lowest BCUT2D eigenvalue weighted by Gasteiger charge is -2.03. The molecule has 0 aliphatic rings. The minimum atomic E-state index is -2.86. The Bertz CT molecular complexity index is 387. The highest BCUT2D eigenvalue weighted by Crippen LogP contribution is 2.20. The largest absolute Gasteiger partial charge is 0.435 e. The standard InChI is InChI=1S/C9H7F2N3O/c10-9(11)15-8-3-1-2-7(4-8)14-6-13-5-12/h1-4,6,9H,(H,13,14). The molecular formula is C9H7F2N3O. The summed E-state index contributed by atoms with van der Waals surface area (Å²) >= 11 is 0. The first-order valence-electron chi connectivity index (χ1n) is 3.94. The lowest BCUT2D eigenvalue weighted by molar-refractivity contribution is -0.0498. The maximum atomic E-state index is 11.8. The van der Waals surface area contributed by atoms with E-state index in [4.69, 9.17) is 5.26 Å². The number of ether oxygens (including phenoxy) is 1. The van der Waals surface area contributed by atoms with Gasteiger partial charge in [0.25, 0.3) is 0 Å². The molecule has 1 rings (SSSR count). The summed E-state index contributed by atoms with van der Waals surface area (Å²) in [6.45, 7) is -2.86. The number of hydrogen-bond donors (Lipinski definition) is 1. The number of halogens is 2. The quantitative estimate of drug-likeness (QED) is 0.358. The molecule has 78 valence electrons. The maximum absolute atomic E-state index is 11.8. The molecule has 0 heterocycles. The van der Waals surface area contributed by atoms with Gasteiger partial charge in [0, 0.05) is 6.07 Å². The van der Waals surface area contributed by atoms with Crippen molar-refractivity contribution in [3.05, 3.63) is 24.3 Å². The number of nitrogens with zero attached hydrogens (tertiary/aromatic N) is 2. The Kier molecular flexibility index (Phi) is 4.04. The number of benzene rings is 1. The fourth-order valence-corrected chi connectivity index (χ4v) is 0.876. The van der Waals surface area contributed by atoms with Gasteiger partial charge in [-0.15, -0.1) is 0 Å². The van der Waals surface area contributed by atoms with E-state index in [2.05, 4.69) is 15.0 Å². The Morgan fingerprint density at radius 1 is 1.53 bits per heavy atom. The van der Waals surface area contributed by atoms with Gasteiger partial charge in [-0.25, -0.2) is 4.99 Å². The van der Waals surface area contributed by atoms with Gasteiger partial charge in [-0.3, -0.25) is 5.32 Å². The maximum Gasteiger partial charge on any atom is 0.387 e. The zero-order valence-corrected chi connectivity index (χ0v) is 7.52. The molecule has 0 saturated heterocycles. The highest BCUT2D eigenvalue weighted by Gasteiger charge is 2.03. The van der Waals surface area contributed by atoms with E-state index in [1.807, 2.05) is 0 Å². The van der Waals surface area contributed by atoms with E-state index in [9.17, 15) is 8.78 Å². The van der Waals surface area contributed by atoms with Crippen molar-refractivity contribution in [3.8, 4) is 11.9 Å². The normalized spacial score (nSPS) is 10.3. The first kappa shape index (κ1) is 10.9. The molecule has 1 aromatic rings. The van der Waals surface area contributed by atoms with E-state index < -0.39 is 6.61 Å². The van der Waals surface area contributed by atoms with Crippen LogP contribution in [0.5, 0.6) is 5.75 Å².